The van der Waals surface area contributed by atoms with Gasteiger partial charge in [0.1, 0.15) is 5.76 Å². The molecule has 2 aliphatic rings. The van der Waals surface area contributed by atoms with E-state index in [1.54, 1.807) is 11.8 Å². The van der Waals surface area contributed by atoms with Crippen molar-refractivity contribution in [2.45, 2.75) is 36.9 Å². The average Bonchev–Trinajstić information content (AvgIpc) is 3.25. The van der Waals surface area contributed by atoms with E-state index in [0.29, 0.717) is 5.82 Å². The van der Waals surface area contributed by atoms with Gasteiger partial charge in [-0.1, -0.05) is 5.16 Å². The summed E-state index contributed by atoms with van der Waals surface area (Å²) in [6.07, 6.45) is 4.13. The number of rotatable bonds is 3. The molecular weight excluding hydrogens is 310 g/mol. The fourth-order valence-electron chi connectivity index (χ4n) is 3.80. The topological polar surface area (TPSA) is 50.8 Å². The Morgan fingerprint density at radius 2 is 2.13 bits per heavy atom. The molecule has 2 aliphatic heterocycles. The molecule has 4 rings (SSSR count). The highest BCUT2D eigenvalue weighted by Crippen LogP contribution is 2.31. The second-order valence-corrected chi connectivity index (χ2v) is 7.08. The van der Waals surface area contributed by atoms with E-state index in [9.17, 15) is 4.79 Å². The van der Waals surface area contributed by atoms with E-state index in [1.807, 2.05) is 17.9 Å². The predicted octanol–water partition coefficient (Wildman–Crippen LogP) is 1.80. The summed E-state index contributed by atoms with van der Waals surface area (Å²) in [6, 6.07) is 10.4. The molecule has 3 heterocycles. The van der Waals surface area contributed by atoms with Gasteiger partial charge in [0.25, 0.3) is 5.91 Å². The predicted molar refractivity (Wildman–Crippen MR) is 88.5 cm³/mol. The van der Waals surface area contributed by atoms with Crippen molar-refractivity contribution >= 4 is 23.5 Å². The van der Waals surface area contributed by atoms with Crippen LogP contribution in [0.5, 0.6) is 0 Å². The van der Waals surface area contributed by atoms with E-state index in [4.69, 9.17) is 4.52 Å². The Bertz CT molecular complexity index is 728. The summed E-state index contributed by atoms with van der Waals surface area (Å²) in [7, 11) is 0. The summed E-state index contributed by atoms with van der Waals surface area (Å²) in [6.45, 7) is 2.88. The number of thioether (sulfide) groups is 1. The van der Waals surface area contributed by atoms with Crippen molar-refractivity contribution in [3.8, 4) is 0 Å². The molecule has 0 spiro atoms. The average molecular weight is 330 g/mol. The zero-order chi connectivity index (χ0) is 16.0. The van der Waals surface area contributed by atoms with Crippen molar-refractivity contribution in [2.75, 3.05) is 17.7 Å². The lowest BCUT2D eigenvalue weighted by Crippen LogP contribution is -3.12. The minimum Gasteiger partial charge on any atom is -0.360 e. The van der Waals surface area contributed by atoms with Crippen molar-refractivity contribution in [1.82, 2.24) is 5.16 Å². The SMILES string of the molecule is CSc1ccc([C@@H]2N(c3cc(C)on3)C(=O)[C@H]3CCC[NH+]32)cc1. The number of aryl methyl sites for hydroxylation is 1. The summed E-state index contributed by atoms with van der Waals surface area (Å²) >= 11 is 1.73. The first-order chi connectivity index (χ1) is 11.2. The van der Waals surface area contributed by atoms with Crippen LogP contribution in [0.15, 0.2) is 39.8 Å². The van der Waals surface area contributed by atoms with Gasteiger partial charge in [-0.15, -0.1) is 11.8 Å². The number of nitrogens with one attached hydrogen (secondary N) is 1. The number of quaternary nitrogens is 1. The second kappa shape index (κ2) is 5.69. The Kier molecular flexibility index (Phi) is 3.66. The monoisotopic (exact) mass is 330 g/mol. The molecule has 6 heteroatoms. The third kappa shape index (κ3) is 2.37. The molecule has 2 saturated heterocycles. The minimum atomic E-state index is -0.00425. The van der Waals surface area contributed by atoms with E-state index in [-0.39, 0.29) is 18.1 Å². The van der Waals surface area contributed by atoms with E-state index in [2.05, 4.69) is 35.7 Å². The van der Waals surface area contributed by atoms with Crippen LogP contribution < -0.4 is 9.80 Å². The van der Waals surface area contributed by atoms with Gasteiger partial charge in [0.15, 0.2) is 18.0 Å². The van der Waals surface area contributed by atoms with Crippen molar-refractivity contribution in [3.63, 3.8) is 0 Å². The number of hydrogen-bond donors (Lipinski definition) is 1. The summed E-state index contributed by atoms with van der Waals surface area (Å²) < 4.78 is 5.21. The first-order valence-corrected chi connectivity index (χ1v) is 9.17. The minimum absolute atomic E-state index is 0.00425. The number of benzene rings is 1. The number of carbonyl (C=O) groups excluding carboxylic acids is 1. The number of anilines is 1. The fraction of sp³-hybridized carbons (Fsp3) is 0.412. The van der Waals surface area contributed by atoms with Crippen LogP contribution in [0, 0.1) is 6.92 Å². The Hall–Kier alpha value is -1.79. The molecule has 0 radical (unpaired) electrons. The van der Waals surface area contributed by atoms with Crippen molar-refractivity contribution in [2.24, 2.45) is 0 Å². The van der Waals surface area contributed by atoms with Gasteiger partial charge in [0.05, 0.1) is 6.54 Å². The van der Waals surface area contributed by atoms with Crippen molar-refractivity contribution in [1.29, 1.82) is 0 Å². The van der Waals surface area contributed by atoms with Gasteiger partial charge >= 0.3 is 0 Å². The molecule has 1 amide bonds. The standard InChI is InChI=1S/C17H19N3O2S/c1-11-10-15(18-22-11)20-16(12-5-7-13(23-2)8-6-12)19-9-3-4-14(19)17(20)21/h5-8,10,14,16H,3-4,9H2,1-2H3/p+1/t14-,16+/m1/s1. The van der Waals surface area contributed by atoms with Crippen LogP contribution in [-0.4, -0.2) is 29.9 Å². The molecule has 1 aromatic heterocycles. The Morgan fingerprint density at radius 3 is 2.78 bits per heavy atom. The summed E-state index contributed by atoms with van der Waals surface area (Å²) in [5.41, 5.74) is 1.16. The zero-order valence-corrected chi connectivity index (χ0v) is 14.1. The highest BCUT2D eigenvalue weighted by Gasteiger charge is 2.54. The maximum Gasteiger partial charge on any atom is 0.291 e. The quantitative estimate of drug-likeness (QED) is 0.872. The number of fused-ring (bicyclic) bond motifs is 1. The molecule has 2 fully saturated rings. The van der Waals surface area contributed by atoms with E-state index in [0.717, 1.165) is 30.7 Å². The Morgan fingerprint density at radius 1 is 1.35 bits per heavy atom. The van der Waals surface area contributed by atoms with Crippen LogP contribution in [0.25, 0.3) is 0 Å². The molecule has 0 saturated carbocycles. The highest BCUT2D eigenvalue weighted by atomic mass is 32.2. The second-order valence-electron chi connectivity index (χ2n) is 6.20. The summed E-state index contributed by atoms with van der Waals surface area (Å²) in [4.78, 5) is 17.3. The molecule has 120 valence electrons. The molecule has 23 heavy (non-hydrogen) atoms. The van der Waals surface area contributed by atoms with Gasteiger partial charge in [-0.25, -0.2) is 4.90 Å². The van der Waals surface area contributed by atoms with Gasteiger partial charge in [-0.3, -0.25) is 4.79 Å². The molecule has 1 aromatic carbocycles. The maximum absolute atomic E-state index is 12.9. The number of aromatic nitrogens is 1. The molecule has 3 atom stereocenters. The molecule has 1 unspecified atom stereocenters. The highest BCUT2D eigenvalue weighted by molar-refractivity contribution is 7.98. The van der Waals surface area contributed by atoms with Crippen molar-refractivity contribution in [3.05, 3.63) is 41.7 Å². The molecule has 0 bridgehead atoms. The van der Waals surface area contributed by atoms with Crippen LogP contribution in [0.2, 0.25) is 0 Å². The van der Waals surface area contributed by atoms with Gasteiger partial charge in [-0.2, -0.15) is 0 Å². The van der Waals surface area contributed by atoms with E-state index < -0.39 is 0 Å². The van der Waals surface area contributed by atoms with Crippen LogP contribution >= 0.6 is 11.8 Å². The molecular formula is C17H20N3O2S+. The van der Waals surface area contributed by atoms with Gasteiger partial charge < -0.3 is 9.42 Å². The largest absolute Gasteiger partial charge is 0.360 e. The lowest BCUT2D eigenvalue weighted by atomic mass is 10.1. The van der Waals surface area contributed by atoms with Crippen molar-refractivity contribution < 1.29 is 14.2 Å². The number of carbonyl (C=O) groups is 1. The number of nitrogens with zero attached hydrogens (tertiary/aromatic N) is 2. The van der Waals surface area contributed by atoms with Gasteiger partial charge in [-0.05, 0) is 37.4 Å². The first-order valence-electron chi connectivity index (χ1n) is 7.95. The molecule has 1 N–H and O–H groups in total. The van der Waals surface area contributed by atoms with E-state index >= 15 is 0 Å². The van der Waals surface area contributed by atoms with Crippen LogP contribution in [0.4, 0.5) is 5.82 Å². The molecule has 0 aliphatic carbocycles. The summed E-state index contributed by atoms with van der Waals surface area (Å²) in [5, 5.41) is 4.10. The number of amides is 1. The zero-order valence-electron chi connectivity index (χ0n) is 13.3. The van der Waals surface area contributed by atoms with Gasteiger partial charge in [0, 0.05) is 29.4 Å². The Labute approximate surface area is 139 Å². The maximum atomic E-state index is 12.9. The molecule has 2 aromatic rings. The van der Waals surface area contributed by atoms with E-state index in [1.165, 1.54) is 9.80 Å². The lowest BCUT2D eigenvalue weighted by molar-refractivity contribution is -0.924. The number of hydrogen-bond acceptors (Lipinski definition) is 4. The fourth-order valence-corrected chi connectivity index (χ4v) is 4.21. The van der Waals surface area contributed by atoms with Crippen LogP contribution in [-0.2, 0) is 4.79 Å². The smallest absolute Gasteiger partial charge is 0.291 e. The summed E-state index contributed by atoms with van der Waals surface area (Å²) in [5.74, 6) is 1.53. The lowest BCUT2D eigenvalue weighted by Gasteiger charge is -2.24. The normalized spacial score (nSPS) is 26.8. The van der Waals surface area contributed by atoms with Crippen LogP contribution in [0.1, 0.15) is 30.3 Å². The Balaban J connectivity index is 1.76. The van der Waals surface area contributed by atoms with Crippen LogP contribution in [0.3, 0.4) is 0 Å². The first kappa shape index (κ1) is 14.8. The third-order valence-corrected chi connectivity index (χ3v) is 5.59. The third-order valence-electron chi connectivity index (χ3n) is 4.84. The molecule has 5 nitrogen and oxygen atoms in total. The van der Waals surface area contributed by atoms with Gasteiger partial charge in [0.2, 0.25) is 0 Å².